The Morgan fingerprint density at radius 2 is 1.94 bits per heavy atom. The van der Waals surface area contributed by atoms with E-state index in [-0.39, 0.29) is 0 Å². The summed E-state index contributed by atoms with van der Waals surface area (Å²) < 4.78 is 0.995. The van der Waals surface area contributed by atoms with Gasteiger partial charge in [0.25, 0.3) is 0 Å². The first-order chi connectivity index (χ1) is 8.70. The molecule has 0 fully saturated rings. The van der Waals surface area contributed by atoms with Gasteiger partial charge < -0.3 is 5.32 Å². The molecule has 1 aromatic heterocycles. The van der Waals surface area contributed by atoms with E-state index in [0.717, 1.165) is 28.0 Å². The summed E-state index contributed by atoms with van der Waals surface area (Å²) >= 11 is 9.25. The van der Waals surface area contributed by atoms with Gasteiger partial charge in [-0.2, -0.15) is 0 Å². The molecule has 0 bridgehead atoms. The number of pyridine rings is 1. The van der Waals surface area contributed by atoms with Crippen molar-refractivity contribution in [1.29, 1.82) is 0 Å². The molecule has 1 N–H and O–H groups in total. The molecular weight excluding hydrogens is 312 g/mol. The molecule has 18 heavy (non-hydrogen) atoms. The van der Waals surface area contributed by atoms with Crippen molar-refractivity contribution in [2.24, 2.45) is 0 Å². The Morgan fingerprint density at radius 1 is 1.22 bits per heavy atom. The van der Waals surface area contributed by atoms with Crippen LogP contribution in [-0.2, 0) is 6.42 Å². The molecule has 0 aliphatic carbocycles. The molecule has 0 spiro atoms. The van der Waals surface area contributed by atoms with E-state index in [1.54, 1.807) is 6.20 Å². The van der Waals surface area contributed by atoms with E-state index >= 15 is 0 Å². The third-order valence-corrected chi connectivity index (χ3v) is 3.87. The Hall–Kier alpha value is -1.06. The maximum absolute atomic E-state index is 5.71. The van der Waals surface area contributed by atoms with Crippen LogP contribution in [0, 0.1) is 6.92 Å². The number of benzene rings is 1. The van der Waals surface area contributed by atoms with Gasteiger partial charge in [0.1, 0.15) is 5.82 Å². The van der Waals surface area contributed by atoms with E-state index in [4.69, 9.17) is 11.6 Å². The van der Waals surface area contributed by atoms with Gasteiger partial charge in [0, 0.05) is 17.8 Å². The molecule has 0 aliphatic rings. The van der Waals surface area contributed by atoms with Crippen molar-refractivity contribution in [2.45, 2.75) is 13.3 Å². The Morgan fingerprint density at radius 3 is 2.61 bits per heavy atom. The van der Waals surface area contributed by atoms with Crippen LogP contribution in [0.25, 0.3) is 0 Å². The van der Waals surface area contributed by atoms with E-state index in [9.17, 15) is 0 Å². The zero-order chi connectivity index (χ0) is 13.0. The van der Waals surface area contributed by atoms with Gasteiger partial charge >= 0.3 is 0 Å². The molecule has 1 aromatic carbocycles. The highest BCUT2D eigenvalue weighted by atomic mass is 79.9. The summed E-state index contributed by atoms with van der Waals surface area (Å²) in [7, 11) is 0. The standard InChI is InChI=1S/C14H14BrClN2/c1-10-7-9-17-14(13(10)15)18-12-4-2-11(3-5-12)6-8-16/h2-5,7,9H,6,8H2,1H3,(H,17,18). The van der Waals surface area contributed by atoms with Crippen molar-refractivity contribution in [2.75, 3.05) is 11.2 Å². The summed E-state index contributed by atoms with van der Waals surface area (Å²) in [5.74, 6) is 1.48. The largest absolute Gasteiger partial charge is 0.339 e. The monoisotopic (exact) mass is 324 g/mol. The van der Waals surface area contributed by atoms with Crippen LogP contribution in [0.5, 0.6) is 0 Å². The molecule has 0 aliphatic heterocycles. The van der Waals surface area contributed by atoms with E-state index in [1.807, 2.05) is 25.1 Å². The third-order valence-electron chi connectivity index (χ3n) is 2.68. The van der Waals surface area contributed by atoms with E-state index in [1.165, 1.54) is 5.56 Å². The van der Waals surface area contributed by atoms with Gasteiger partial charge in [0.2, 0.25) is 0 Å². The number of nitrogens with one attached hydrogen (secondary N) is 1. The Labute approximate surface area is 121 Å². The number of halogens is 2. The first-order valence-corrected chi connectivity index (χ1v) is 7.06. The van der Waals surface area contributed by atoms with Crippen LogP contribution < -0.4 is 5.32 Å². The van der Waals surface area contributed by atoms with Crippen molar-refractivity contribution < 1.29 is 0 Å². The molecule has 0 saturated carbocycles. The van der Waals surface area contributed by atoms with Gasteiger partial charge in [0.05, 0.1) is 4.47 Å². The molecular formula is C14H14BrClN2. The van der Waals surface area contributed by atoms with Crippen molar-refractivity contribution in [3.8, 4) is 0 Å². The Kier molecular flexibility index (Phi) is 4.61. The van der Waals surface area contributed by atoms with Crippen LogP contribution in [0.1, 0.15) is 11.1 Å². The van der Waals surface area contributed by atoms with Crippen molar-refractivity contribution >= 4 is 39.0 Å². The number of nitrogens with zero attached hydrogens (tertiary/aromatic N) is 1. The molecule has 2 rings (SSSR count). The fourth-order valence-corrected chi connectivity index (χ4v) is 2.18. The van der Waals surface area contributed by atoms with Crippen LogP contribution in [0.3, 0.4) is 0 Å². The fourth-order valence-electron chi connectivity index (χ4n) is 1.63. The molecule has 0 amide bonds. The van der Waals surface area contributed by atoms with Crippen LogP contribution in [-0.4, -0.2) is 10.9 Å². The molecule has 94 valence electrons. The van der Waals surface area contributed by atoms with Crippen molar-refractivity contribution in [1.82, 2.24) is 4.98 Å². The summed E-state index contributed by atoms with van der Waals surface area (Å²) in [6, 6.07) is 10.2. The van der Waals surface area contributed by atoms with Gasteiger partial charge in [-0.3, -0.25) is 0 Å². The smallest absolute Gasteiger partial charge is 0.144 e. The number of hydrogen-bond acceptors (Lipinski definition) is 2. The average Bonchev–Trinajstić information content (AvgIpc) is 2.38. The minimum absolute atomic E-state index is 0.651. The third kappa shape index (κ3) is 3.24. The molecule has 1 heterocycles. The second-order valence-corrected chi connectivity index (χ2v) is 5.22. The first-order valence-electron chi connectivity index (χ1n) is 5.73. The van der Waals surface area contributed by atoms with Gasteiger partial charge in [-0.15, -0.1) is 11.6 Å². The lowest BCUT2D eigenvalue weighted by Gasteiger charge is -2.09. The highest BCUT2D eigenvalue weighted by Crippen LogP contribution is 2.26. The van der Waals surface area contributed by atoms with Gasteiger partial charge in [-0.1, -0.05) is 12.1 Å². The predicted octanol–water partition coefficient (Wildman–Crippen LogP) is 4.68. The highest BCUT2D eigenvalue weighted by molar-refractivity contribution is 9.10. The number of aromatic nitrogens is 1. The average molecular weight is 326 g/mol. The number of hydrogen-bond donors (Lipinski definition) is 1. The molecule has 0 saturated heterocycles. The summed E-state index contributed by atoms with van der Waals surface area (Å²) in [5, 5.41) is 3.29. The van der Waals surface area contributed by atoms with Gasteiger partial charge in [-0.25, -0.2) is 4.98 Å². The summed E-state index contributed by atoms with van der Waals surface area (Å²) in [4.78, 5) is 4.31. The quantitative estimate of drug-likeness (QED) is 0.826. The van der Waals surface area contributed by atoms with Gasteiger partial charge in [-0.05, 0) is 58.6 Å². The summed E-state index contributed by atoms with van der Waals surface area (Å²) in [5.41, 5.74) is 3.42. The van der Waals surface area contributed by atoms with E-state index in [0.29, 0.717) is 5.88 Å². The Bertz CT molecular complexity index is 526. The zero-order valence-corrected chi connectivity index (χ0v) is 12.4. The molecule has 4 heteroatoms. The number of alkyl halides is 1. The van der Waals surface area contributed by atoms with E-state index < -0.39 is 0 Å². The first kappa shape index (κ1) is 13.4. The zero-order valence-electron chi connectivity index (χ0n) is 10.1. The minimum atomic E-state index is 0.651. The normalized spacial score (nSPS) is 10.4. The number of aryl methyl sites for hydroxylation is 2. The lowest BCUT2D eigenvalue weighted by atomic mass is 10.1. The van der Waals surface area contributed by atoms with Crippen molar-refractivity contribution in [3.63, 3.8) is 0 Å². The minimum Gasteiger partial charge on any atom is -0.339 e. The molecule has 2 nitrogen and oxygen atoms in total. The molecule has 0 atom stereocenters. The molecule has 2 aromatic rings. The second-order valence-electron chi connectivity index (χ2n) is 4.05. The molecule has 0 unspecified atom stereocenters. The van der Waals surface area contributed by atoms with Crippen LogP contribution in [0.2, 0.25) is 0 Å². The predicted molar refractivity (Wildman–Crippen MR) is 80.8 cm³/mol. The maximum atomic E-state index is 5.71. The van der Waals surface area contributed by atoms with E-state index in [2.05, 4.69) is 38.4 Å². The van der Waals surface area contributed by atoms with Crippen LogP contribution >= 0.6 is 27.5 Å². The lowest BCUT2D eigenvalue weighted by Crippen LogP contribution is -1.96. The number of anilines is 2. The Balaban J connectivity index is 2.16. The lowest BCUT2D eigenvalue weighted by molar-refractivity contribution is 1.15. The summed E-state index contributed by atoms with van der Waals surface area (Å²) in [6.07, 6.45) is 2.69. The summed E-state index contributed by atoms with van der Waals surface area (Å²) in [6.45, 7) is 2.04. The van der Waals surface area contributed by atoms with Gasteiger partial charge in [0.15, 0.2) is 0 Å². The van der Waals surface area contributed by atoms with Crippen LogP contribution in [0.4, 0.5) is 11.5 Å². The van der Waals surface area contributed by atoms with Crippen LogP contribution in [0.15, 0.2) is 41.0 Å². The topological polar surface area (TPSA) is 24.9 Å². The van der Waals surface area contributed by atoms with Crippen molar-refractivity contribution in [3.05, 3.63) is 52.1 Å². The SMILES string of the molecule is Cc1ccnc(Nc2ccc(CCCl)cc2)c1Br. The molecule has 0 radical (unpaired) electrons. The number of rotatable bonds is 4. The highest BCUT2D eigenvalue weighted by Gasteiger charge is 2.04. The second kappa shape index (κ2) is 6.21. The fraction of sp³-hybridized carbons (Fsp3) is 0.214. The maximum Gasteiger partial charge on any atom is 0.144 e.